The van der Waals surface area contributed by atoms with Gasteiger partial charge in [-0.1, -0.05) is 18.2 Å². The number of hydrogen-bond donors (Lipinski definition) is 3. The molecule has 3 amide bonds. The average Bonchev–Trinajstić information content (AvgIpc) is 3.11. The molecular weight excluding hydrogens is 348 g/mol. The molecule has 2 aliphatic rings. The van der Waals surface area contributed by atoms with Crippen LogP contribution in [-0.4, -0.2) is 57.8 Å². The smallest absolute Gasteiger partial charge is 0.254 e. The molecule has 27 heavy (non-hydrogen) atoms. The summed E-state index contributed by atoms with van der Waals surface area (Å²) < 4.78 is 0. The van der Waals surface area contributed by atoms with Crippen LogP contribution in [0.1, 0.15) is 16.8 Å². The van der Waals surface area contributed by atoms with Crippen LogP contribution in [0, 0.1) is 0 Å². The van der Waals surface area contributed by atoms with E-state index in [9.17, 15) is 14.4 Å². The molecule has 138 valence electrons. The summed E-state index contributed by atoms with van der Waals surface area (Å²) in [5.41, 5.74) is 1.16. The fourth-order valence-corrected chi connectivity index (χ4v) is 3.28. The van der Waals surface area contributed by atoms with Gasteiger partial charge in [-0.3, -0.25) is 14.4 Å². The second-order valence-corrected chi connectivity index (χ2v) is 6.47. The van der Waals surface area contributed by atoms with Crippen LogP contribution in [0.3, 0.4) is 0 Å². The molecule has 9 heteroatoms. The monoisotopic (exact) mass is 366 g/mol. The number of carbonyl (C=O) groups excluding carboxylic acids is 3. The summed E-state index contributed by atoms with van der Waals surface area (Å²) in [5.74, 6) is -0.251. The summed E-state index contributed by atoms with van der Waals surface area (Å²) in [6.07, 6.45) is 3.28. The molecule has 2 saturated heterocycles. The van der Waals surface area contributed by atoms with Gasteiger partial charge in [0.2, 0.25) is 17.8 Å². The van der Waals surface area contributed by atoms with Crippen molar-refractivity contribution in [2.75, 3.05) is 18.4 Å². The number of benzene rings is 1. The summed E-state index contributed by atoms with van der Waals surface area (Å²) in [7, 11) is 0. The van der Waals surface area contributed by atoms with Gasteiger partial charge in [0.1, 0.15) is 6.04 Å². The van der Waals surface area contributed by atoms with Gasteiger partial charge in [-0.05, 0) is 18.6 Å². The molecule has 1 aromatic heterocycles. The largest absolute Gasteiger partial charge is 0.347 e. The van der Waals surface area contributed by atoms with Crippen molar-refractivity contribution in [3.63, 3.8) is 0 Å². The minimum atomic E-state index is -0.509. The molecule has 0 saturated carbocycles. The van der Waals surface area contributed by atoms with Crippen LogP contribution in [-0.2, 0) is 9.59 Å². The van der Waals surface area contributed by atoms with Gasteiger partial charge >= 0.3 is 0 Å². The average molecular weight is 366 g/mol. The Morgan fingerprint density at radius 2 is 1.89 bits per heavy atom. The van der Waals surface area contributed by atoms with E-state index >= 15 is 0 Å². The third kappa shape index (κ3) is 3.57. The van der Waals surface area contributed by atoms with Crippen molar-refractivity contribution in [2.45, 2.75) is 18.5 Å². The Morgan fingerprint density at radius 3 is 2.59 bits per heavy atom. The van der Waals surface area contributed by atoms with Gasteiger partial charge in [0.15, 0.2) is 0 Å². The van der Waals surface area contributed by atoms with Gasteiger partial charge in [-0.15, -0.1) is 0 Å². The van der Waals surface area contributed by atoms with Crippen molar-refractivity contribution in [1.82, 2.24) is 25.5 Å². The maximum atomic E-state index is 12.4. The Morgan fingerprint density at radius 1 is 1.15 bits per heavy atom. The van der Waals surface area contributed by atoms with E-state index in [4.69, 9.17) is 0 Å². The molecule has 0 unspecified atom stereocenters. The van der Waals surface area contributed by atoms with E-state index in [1.807, 2.05) is 30.3 Å². The standard InChI is InChI=1S/C18H18N6O3/c25-15-9-19-17(27)14-6-13(10-24(14)15)22-16(26)11-7-20-18(21-8-11)23-12-4-2-1-3-5-12/h1-5,7-8,13-14H,6,9-10H2,(H,19,27)(H,22,26)(H,20,21,23)/t13-,14+/m1/s1. The molecule has 2 fully saturated rings. The summed E-state index contributed by atoms with van der Waals surface area (Å²) in [4.78, 5) is 46.0. The number of nitrogens with one attached hydrogen (secondary N) is 3. The van der Waals surface area contributed by atoms with Gasteiger partial charge in [0.25, 0.3) is 5.91 Å². The molecule has 3 N–H and O–H groups in total. The molecule has 4 rings (SSSR count). The fraction of sp³-hybridized carbons (Fsp3) is 0.278. The number of piperazine rings is 1. The Kier molecular flexibility index (Phi) is 4.41. The van der Waals surface area contributed by atoms with Crippen molar-refractivity contribution in [3.8, 4) is 0 Å². The molecule has 0 radical (unpaired) electrons. The summed E-state index contributed by atoms with van der Waals surface area (Å²) in [6.45, 7) is 0.344. The highest BCUT2D eigenvalue weighted by molar-refractivity contribution is 5.96. The normalized spacial score (nSPS) is 21.4. The highest BCUT2D eigenvalue weighted by Crippen LogP contribution is 2.21. The number of amides is 3. The summed E-state index contributed by atoms with van der Waals surface area (Å²) in [6, 6.07) is 8.68. The minimum Gasteiger partial charge on any atom is -0.347 e. The quantitative estimate of drug-likeness (QED) is 0.704. The first-order chi connectivity index (χ1) is 13.1. The van der Waals surface area contributed by atoms with Gasteiger partial charge in [-0.2, -0.15) is 0 Å². The lowest BCUT2D eigenvalue weighted by Crippen LogP contribution is -2.55. The highest BCUT2D eigenvalue weighted by Gasteiger charge is 2.42. The van der Waals surface area contributed by atoms with Crippen LogP contribution in [0.5, 0.6) is 0 Å². The van der Waals surface area contributed by atoms with E-state index in [0.29, 0.717) is 24.5 Å². The Balaban J connectivity index is 1.37. The maximum Gasteiger partial charge on any atom is 0.254 e. The van der Waals surface area contributed by atoms with Crippen molar-refractivity contribution in [1.29, 1.82) is 0 Å². The van der Waals surface area contributed by atoms with E-state index in [1.165, 1.54) is 17.3 Å². The van der Waals surface area contributed by atoms with Crippen LogP contribution in [0.2, 0.25) is 0 Å². The lowest BCUT2D eigenvalue weighted by atomic mass is 10.1. The Hall–Kier alpha value is -3.49. The predicted molar refractivity (Wildman–Crippen MR) is 96.1 cm³/mol. The zero-order valence-corrected chi connectivity index (χ0v) is 14.4. The van der Waals surface area contributed by atoms with E-state index in [0.717, 1.165) is 5.69 Å². The van der Waals surface area contributed by atoms with E-state index in [-0.39, 0.29) is 30.3 Å². The molecule has 0 bridgehead atoms. The van der Waals surface area contributed by atoms with Gasteiger partial charge in [-0.25, -0.2) is 9.97 Å². The number of para-hydroxylation sites is 1. The highest BCUT2D eigenvalue weighted by atomic mass is 16.2. The topological polar surface area (TPSA) is 116 Å². The van der Waals surface area contributed by atoms with E-state index in [2.05, 4.69) is 25.9 Å². The van der Waals surface area contributed by atoms with Crippen molar-refractivity contribution >= 4 is 29.4 Å². The zero-order chi connectivity index (χ0) is 18.8. The van der Waals surface area contributed by atoms with Crippen LogP contribution in [0.15, 0.2) is 42.7 Å². The number of nitrogens with zero attached hydrogens (tertiary/aromatic N) is 3. The third-order valence-corrected chi connectivity index (χ3v) is 4.62. The second-order valence-electron chi connectivity index (χ2n) is 6.47. The third-order valence-electron chi connectivity index (χ3n) is 4.62. The molecule has 2 aromatic rings. The summed E-state index contributed by atoms with van der Waals surface area (Å²) >= 11 is 0. The lowest BCUT2D eigenvalue weighted by Gasteiger charge is -2.28. The number of fused-ring (bicyclic) bond motifs is 1. The Bertz CT molecular complexity index is 846. The van der Waals surface area contributed by atoms with Crippen molar-refractivity contribution in [3.05, 3.63) is 48.3 Å². The molecule has 9 nitrogen and oxygen atoms in total. The van der Waals surface area contributed by atoms with E-state index in [1.54, 1.807) is 0 Å². The fourth-order valence-electron chi connectivity index (χ4n) is 3.28. The van der Waals surface area contributed by atoms with Crippen LogP contribution in [0.25, 0.3) is 0 Å². The predicted octanol–water partition coefficient (Wildman–Crippen LogP) is 0.0493. The number of hydrogen-bond acceptors (Lipinski definition) is 6. The second kappa shape index (κ2) is 7.02. The molecule has 1 aromatic carbocycles. The summed E-state index contributed by atoms with van der Waals surface area (Å²) in [5, 5.41) is 8.46. The van der Waals surface area contributed by atoms with Gasteiger partial charge in [0.05, 0.1) is 12.1 Å². The first-order valence-corrected chi connectivity index (χ1v) is 8.62. The first-order valence-electron chi connectivity index (χ1n) is 8.62. The number of carbonyl (C=O) groups is 3. The number of aromatic nitrogens is 2. The Labute approximate surface area is 155 Å². The molecule has 2 atom stereocenters. The SMILES string of the molecule is O=C(N[C@@H]1C[C@H]2C(=O)NCC(=O)N2C1)c1cnc(Nc2ccccc2)nc1. The van der Waals surface area contributed by atoms with Crippen molar-refractivity contribution in [2.24, 2.45) is 0 Å². The molecule has 3 heterocycles. The first kappa shape index (κ1) is 17.0. The minimum absolute atomic E-state index is 0.0136. The van der Waals surface area contributed by atoms with Crippen molar-refractivity contribution < 1.29 is 14.4 Å². The van der Waals surface area contributed by atoms with Crippen LogP contribution >= 0.6 is 0 Å². The molecular formula is C18H18N6O3. The van der Waals surface area contributed by atoms with Crippen LogP contribution in [0.4, 0.5) is 11.6 Å². The number of anilines is 2. The molecule has 2 aliphatic heterocycles. The molecule has 0 spiro atoms. The number of rotatable bonds is 4. The van der Waals surface area contributed by atoms with Gasteiger partial charge < -0.3 is 20.9 Å². The van der Waals surface area contributed by atoms with Gasteiger partial charge in [0, 0.05) is 30.7 Å². The lowest BCUT2D eigenvalue weighted by molar-refractivity contribution is -0.143. The molecule has 0 aliphatic carbocycles. The van der Waals surface area contributed by atoms with Crippen LogP contribution < -0.4 is 16.0 Å². The van der Waals surface area contributed by atoms with E-state index < -0.39 is 6.04 Å². The zero-order valence-electron chi connectivity index (χ0n) is 14.4. The maximum absolute atomic E-state index is 12.4.